The third kappa shape index (κ3) is 3.29. The summed E-state index contributed by atoms with van der Waals surface area (Å²) >= 11 is 6.07. The van der Waals surface area contributed by atoms with E-state index < -0.39 is 5.54 Å². The van der Waals surface area contributed by atoms with E-state index in [0.29, 0.717) is 11.4 Å². The quantitative estimate of drug-likeness (QED) is 0.860. The molecule has 2 rings (SSSR count). The Kier molecular flexibility index (Phi) is 5.62. The average molecular weight is 380 g/mol. The predicted molar refractivity (Wildman–Crippen MR) is 105 cm³/mol. The van der Waals surface area contributed by atoms with Crippen molar-refractivity contribution in [1.29, 1.82) is 0 Å². The van der Waals surface area contributed by atoms with Gasteiger partial charge >= 0.3 is 6.03 Å². The predicted octanol–water partition coefficient (Wildman–Crippen LogP) is 4.07. The highest BCUT2D eigenvalue weighted by atomic mass is 35.5. The maximum absolute atomic E-state index is 13.6. The summed E-state index contributed by atoms with van der Waals surface area (Å²) in [5, 5.41) is 3.34. The molecule has 1 heterocycles. The molecule has 2 atom stereocenters. The van der Waals surface area contributed by atoms with Crippen LogP contribution in [0.5, 0.6) is 0 Å². The number of nitrogens with one attached hydrogen (secondary N) is 1. The number of halogens is 1. The first-order chi connectivity index (χ1) is 12.0. The fourth-order valence-electron chi connectivity index (χ4n) is 4.14. The number of carbonyl (C=O) groups is 2. The lowest BCUT2D eigenvalue weighted by Crippen LogP contribution is -2.57. The molecule has 5 nitrogen and oxygen atoms in total. The van der Waals surface area contributed by atoms with Gasteiger partial charge in [0.05, 0.1) is 0 Å². The maximum Gasteiger partial charge on any atom is 0.319 e. The van der Waals surface area contributed by atoms with Gasteiger partial charge in [-0.2, -0.15) is 0 Å². The number of likely N-dealkylation sites (N-methyl/N-ethyl adjacent to an activating group) is 1. The molecule has 0 bridgehead atoms. The summed E-state index contributed by atoms with van der Waals surface area (Å²) < 4.78 is 0. The van der Waals surface area contributed by atoms with Crippen molar-refractivity contribution in [3.63, 3.8) is 0 Å². The Balaban J connectivity index is 2.78. The molecule has 1 aliphatic rings. The van der Waals surface area contributed by atoms with Crippen molar-refractivity contribution >= 4 is 23.5 Å². The van der Waals surface area contributed by atoms with Crippen molar-refractivity contribution in [3.8, 4) is 0 Å². The molecule has 1 aromatic rings. The van der Waals surface area contributed by atoms with Gasteiger partial charge in [0.1, 0.15) is 6.17 Å². The zero-order valence-electron chi connectivity index (χ0n) is 16.8. The monoisotopic (exact) mass is 379 g/mol. The van der Waals surface area contributed by atoms with Gasteiger partial charge in [-0.15, -0.1) is 0 Å². The summed E-state index contributed by atoms with van der Waals surface area (Å²) in [5.74, 6) is 0.158. The van der Waals surface area contributed by atoms with Crippen LogP contribution in [-0.2, 0) is 10.3 Å². The molecule has 1 aliphatic heterocycles. The van der Waals surface area contributed by atoms with Gasteiger partial charge in [-0.1, -0.05) is 58.4 Å². The molecule has 0 aliphatic carbocycles. The number of amides is 3. The van der Waals surface area contributed by atoms with E-state index in [9.17, 15) is 9.59 Å². The number of hydrogen-bond donors (Lipinski definition) is 1. The van der Waals surface area contributed by atoms with Crippen molar-refractivity contribution in [2.75, 3.05) is 14.1 Å². The Hall–Kier alpha value is -1.75. The van der Waals surface area contributed by atoms with Crippen molar-refractivity contribution in [1.82, 2.24) is 15.1 Å². The molecule has 1 N–H and O–H groups in total. The van der Waals surface area contributed by atoms with Crippen LogP contribution in [0.3, 0.4) is 0 Å². The third-order valence-corrected chi connectivity index (χ3v) is 5.18. The van der Waals surface area contributed by atoms with Crippen LogP contribution in [-0.4, -0.2) is 42.0 Å². The second kappa shape index (κ2) is 7.10. The molecule has 0 spiro atoms. The van der Waals surface area contributed by atoms with E-state index in [0.717, 1.165) is 5.56 Å². The van der Waals surface area contributed by atoms with Gasteiger partial charge in [0.2, 0.25) is 0 Å². The molecule has 6 heteroatoms. The fourth-order valence-corrected chi connectivity index (χ4v) is 4.27. The van der Waals surface area contributed by atoms with Gasteiger partial charge in [0.15, 0.2) is 5.54 Å². The zero-order chi connectivity index (χ0) is 19.9. The van der Waals surface area contributed by atoms with Crippen LogP contribution >= 0.6 is 11.6 Å². The Morgan fingerprint density at radius 3 is 2.23 bits per heavy atom. The number of carbonyl (C=O) groups excluding carboxylic acids is 2. The lowest BCUT2D eigenvalue weighted by atomic mass is 9.80. The normalized spacial score (nSPS) is 23.7. The molecule has 26 heavy (non-hydrogen) atoms. The molecule has 1 saturated heterocycles. The van der Waals surface area contributed by atoms with Crippen molar-refractivity contribution in [2.45, 2.75) is 52.7 Å². The molecular formula is C20H30ClN3O2. The first-order valence-electron chi connectivity index (χ1n) is 9.01. The smallest absolute Gasteiger partial charge is 0.319 e. The van der Waals surface area contributed by atoms with E-state index in [1.165, 1.54) is 0 Å². The molecule has 2 unspecified atom stereocenters. The minimum absolute atomic E-state index is 0.0583. The zero-order valence-corrected chi connectivity index (χ0v) is 17.5. The molecule has 1 fully saturated rings. The van der Waals surface area contributed by atoms with Gasteiger partial charge in [-0.3, -0.25) is 9.69 Å². The van der Waals surface area contributed by atoms with Crippen LogP contribution in [0.15, 0.2) is 24.3 Å². The van der Waals surface area contributed by atoms with Gasteiger partial charge in [0.25, 0.3) is 5.91 Å². The molecular weight excluding hydrogens is 350 g/mol. The molecule has 0 aromatic heterocycles. The number of nitrogens with zero attached hydrogens (tertiary/aromatic N) is 2. The van der Waals surface area contributed by atoms with Gasteiger partial charge < -0.3 is 10.2 Å². The fraction of sp³-hybridized carbons (Fsp3) is 0.600. The summed E-state index contributed by atoms with van der Waals surface area (Å²) in [6.07, 6.45) is 0.182. The molecule has 144 valence electrons. The van der Waals surface area contributed by atoms with Crippen LogP contribution in [0.2, 0.25) is 5.02 Å². The average Bonchev–Trinajstić information content (AvgIpc) is 2.76. The summed E-state index contributed by atoms with van der Waals surface area (Å²) in [7, 11) is 3.39. The summed E-state index contributed by atoms with van der Waals surface area (Å²) in [6, 6.07) is 7.02. The lowest BCUT2D eigenvalue weighted by molar-refractivity contribution is -0.134. The first-order valence-corrected chi connectivity index (χ1v) is 9.39. The van der Waals surface area contributed by atoms with E-state index in [-0.39, 0.29) is 29.4 Å². The van der Waals surface area contributed by atoms with Crippen LogP contribution in [0, 0.1) is 11.3 Å². The SMILES string of the molecule is CNC(=O)N1C(C(C)(C)C)N(C)C(=O)C1(CC(C)C)c1ccc(Cl)cc1. The van der Waals surface area contributed by atoms with E-state index >= 15 is 0 Å². The van der Waals surface area contributed by atoms with Crippen molar-refractivity contribution < 1.29 is 9.59 Å². The second-order valence-corrected chi connectivity index (χ2v) is 8.98. The number of rotatable bonds is 3. The maximum atomic E-state index is 13.6. The third-order valence-electron chi connectivity index (χ3n) is 4.93. The summed E-state index contributed by atoms with van der Waals surface area (Å²) in [6.45, 7) is 10.3. The van der Waals surface area contributed by atoms with Crippen molar-refractivity contribution in [3.05, 3.63) is 34.9 Å². The Labute approximate surface area is 161 Å². The van der Waals surface area contributed by atoms with E-state index in [2.05, 4.69) is 19.2 Å². The van der Waals surface area contributed by atoms with E-state index in [4.69, 9.17) is 11.6 Å². The molecule has 0 saturated carbocycles. The molecule has 0 radical (unpaired) electrons. The number of urea groups is 1. The lowest BCUT2D eigenvalue weighted by Gasteiger charge is -2.43. The Morgan fingerprint density at radius 2 is 1.81 bits per heavy atom. The van der Waals surface area contributed by atoms with Crippen LogP contribution < -0.4 is 5.32 Å². The summed E-state index contributed by atoms with van der Waals surface area (Å²) in [5.41, 5.74) is -0.559. The van der Waals surface area contributed by atoms with Crippen LogP contribution in [0.1, 0.15) is 46.6 Å². The molecule has 1 aromatic carbocycles. The second-order valence-electron chi connectivity index (χ2n) is 8.55. The van der Waals surface area contributed by atoms with E-state index in [1.54, 1.807) is 36.0 Å². The van der Waals surface area contributed by atoms with Gasteiger partial charge in [0, 0.05) is 24.5 Å². The largest absolute Gasteiger partial charge is 0.341 e. The van der Waals surface area contributed by atoms with Gasteiger partial charge in [-0.25, -0.2) is 4.79 Å². The number of benzene rings is 1. The Bertz CT molecular complexity index is 681. The minimum atomic E-state index is -1.05. The molecule has 3 amide bonds. The van der Waals surface area contributed by atoms with Crippen LogP contribution in [0.25, 0.3) is 0 Å². The summed E-state index contributed by atoms with van der Waals surface area (Å²) in [4.78, 5) is 30.1. The highest BCUT2D eigenvalue weighted by Gasteiger charge is 2.61. The van der Waals surface area contributed by atoms with E-state index in [1.807, 2.05) is 32.9 Å². The highest BCUT2D eigenvalue weighted by molar-refractivity contribution is 6.30. The topological polar surface area (TPSA) is 52.7 Å². The minimum Gasteiger partial charge on any atom is -0.341 e. The highest BCUT2D eigenvalue weighted by Crippen LogP contribution is 2.48. The number of hydrogen-bond acceptors (Lipinski definition) is 2. The van der Waals surface area contributed by atoms with Crippen molar-refractivity contribution in [2.24, 2.45) is 11.3 Å². The van der Waals surface area contributed by atoms with Crippen LogP contribution in [0.4, 0.5) is 4.79 Å². The Morgan fingerprint density at radius 1 is 1.27 bits per heavy atom. The standard InChI is InChI=1S/C20H30ClN3O2/c1-13(2)12-20(14-8-10-15(21)11-9-14)17(25)23(7)16(19(3,4)5)24(20)18(26)22-6/h8-11,13,16H,12H2,1-7H3,(H,22,26). The van der Waals surface area contributed by atoms with Gasteiger partial charge in [-0.05, 0) is 30.0 Å². The first kappa shape index (κ1) is 20.6.